The number of benzene rings is 2. The molecule has 0 aliphatic rings. The number of rotatable bonds is 6. The maximum Gasteiger partial charge on any atom is 0.365 e. The fourth-order valence-corrected chi connectivity index (χ4v) is 4.41. The molecule has 0 amide bonds. The molecule has 0 fully saturated rings. The molecule has 0 radical (unpaired) electrons. The zero-order valence-corrected chi connectivity index (χ0v) is 17.3. The van der Waals surface area contributed by atoms with Crippen LogP contribution >= 0.6 is 11.8 Å². The number of fused-ring (bicyclic) bond motifs is 1. The van der Waals surface area contributed by atoms with Crippen molar-refractivity contribution >= 4 is 33.0 Å². The van der Waals surface area contributed by atoms with Crippen LogP contribution in [0.15, 0.2) is 80.3 Å². The Kier molecular flexibility index (Phi) is 5.22. The summed E-state index contributed by atoms with van der Waals surface area (Å²) in [6.45, 7) is 0.306. The van der Waals surface area contributed by atoms with E-state index in [1.54, 1.807) is 16.9 Å². The third-order valence-electron chi connectivity index (χ3n) is 4.30. The van der Waals surface area contributed by atoms with Crippen molar-refractivity contribution in [2.45, 2.75) is 16.6 Å². The summed E-state index contributed by atoms with van der Waals surface area (Å²) in [7, 11) is -4.39. The van der Waals surface area contributed by atoms with Gasteiger partial charge in [-0.3, -0.25) is 14.1 Å². The number of nitrogens with one attached hydrogen (secondary N) is 1. The normalized spacial score (nSPS) is 11.6. The van der Waals surface area contributed by atoms with Gasteiger partial charge in [0.1, 0.15) is 4.90 Å². The molecule has 0 spiro atoms. The average molecular weight is 444 g/mol. The summed E-state index contributed by atoms with van der Waals surface area (Å²) in [4.78, 5) is 32.0. The second-order valence-electron chi connectivity index (χ2n) is 6.24. The zero-order chi connectivity index (χ0) is 21.3. The lowest BCUT2D eigenvalue weighted by Gasteiger charge is -2.09. The first kappa shape index (κ1) is 20.0. The molecule has 0 aliphatic heterocycles. The minimum atomic E-state index is -4.39. The van der Waals surface area contributed by atoms with Crippen molar-refractivity contribution in [3.63, 3.8) is 0 Å². The average Bonchev–Trinajstić information content (AvgIpc) is 3.09. The van der Waals surface area contributed by atoms with Crippen molar-refractivity contribution < 1.29 is 12.7 Å². The second-order valence-corrected chi connectivity index (χ2v) is 8.54. The highest BCUT2D eigenvalue weighted by molar-refractivity contribution is 7.98. The topological polar surface area (TPSA) is 116 Å². The van der Waals surface area contributed by atoms with Crippen LogP contribution < -0.4 is 15.5 Å². The largest absolute Gasteiger partial charge is 0.365 e. The maximum atomic E-state index is 13.1. The van der Waals surface area contributed by atoms with Crippen LogP contribution in [0.1, 0.15) is 5.56 Å². The third-order valence-corrected chi connectivity index (χ3v) is 6.17. The van der Waals surface area contributed by atoms with E-state index in [1.165, 1.54) is 36.0 Å². The molecular formula is C19H16N4O5S2. The summed E-state index contributed by atoms with van der Waals surface area (Å²) in [5, 5.41) is 0.491. The predicted octanol–water partition coefficient (Wildman–Crippen LogP) is 1.47. The van der Waals surface area contributed by atoms with Crippen LogP contribution in [-0.2, 0) is 16.7 Å². The highest BCUT2D eigenvalue weighted by Gasteiger charge is 2.23. The van der Waals surface area contributed by atoms with Gasteiger partial charge in [-0.25, -0.2) is 9.78 Å². The van der Waals surface area contributed by atoms with Crippen LogP contribution in [0.4, 0.5) is 0 Å². The Labute approximate surface area is 175 Å². The molecular weight excluding hydrogens is 428 g/mol. The molecule has 2 aromatic heterocycles. The van der Waals surface area contributed by atoms with E-state index in [1.807, 2.05) is 30.3 Å². The number of imidazole rings is 1. The van der Waals surface area contributed by atoms with Crippen molar-refractivity contribution in [2.75, 3.05) is 6.26 Å². The van der Waals surface area contributed by atoms with Gasteiger partial charge < -0.3 is 4.57 Å². The van der Waals surface area contributed by atoms with Crippen molar-refractivity contribution in [3.8, 4) is 0 Å². The van der Waals surface area contributed by atoms with Crippen LogP contribution in [0.5, 0.6) is 0 Å². The van der Waals surface area contributed by atoms with Gasteiger partial charge in [0, 0.05) is 0 Å². The molecule has 30 heavy (non-hydrogen) atoms. The molecule has 11 heteroatoms. The minimum Gasteiger partial charge on any atom is -0.309 e. The SMILES string of the molecule is CSc1nc2[nH]c(=O)n(OS(=O)(=O)c3ccccc3)c(=O)c2n1Cc1ccccc1. The summed E-state index contributed by atoms with van der Waals surface area (Å²) in [5.41, 5.74) is -0.962. The van der Waals surface area contributed by atoms with Gasteiger partial charge in [-0.05, 0) is 24.0 Å². The molecule has 0 aliphatic carbocycles. The van der Waals surface area contributed by atoms with E-state index >= 15 is 0 Å². The lowest BCUT2D eigenvalue weighted by molar-refractivity contribution is 0.253. The second kappa shape index (κ2) is 7.84. The van der Waals surface area contributed by atoms with E-state index in [0.717, 1.165) is 5.56 Å². The molecule has 2 heterocycles. The zero-order valence-electron chi connectivity index (χ0n) is 15.7. The van der Waals surface area contributed by atoms with E-state index in [9.17, 15) is 18.0 Å². The molecule has 0 unspecified atom stereocenters. The summed E-state index contributed by atoms with van der Waals surface area (Å²) in [6.07, 6.45) is 1.79. The van der Waals surface area contributed by atoms with E-state index in [-0.39, 0.29) is 20.8 Å². The van der Waals surface area contributed by atoms with Crippen LogP contribution in [0.3, 0.4) is 0 Å². The van der Waals surface area contributed by atoms with Crippen LogP contribution in [0, 0.1) is 0 Å². The van der Waals surface area contributed by atoms with Gasteiger partial charge in [0.05, 0.1) is 6.54 Å². The fraction of sp³-hybridized carbons (Fsp3) is 0.105. The predicted molar refractivity (Wildman–Crippen MR) is 112 cm³/mol. The standard InChI is InChI=1S/C19H16N4O5S2/c1-29-19-21-16-15(22(19)12-13-8-4-2-5-9-13)17(24)23(18(25)20-16)28-30(26,27)14-10-6-3-7-11-14/h2-11H,12H2,1H3,(H,20,25). The Bertz CT molecular complexity index is 1430. The van der Waals surface area contributed by atoms with Crippen LogP contribution in [0.25, 0.3) is 11.2 Å². The summed E-state index contributed by atoms with van der Waals surface area (Å²) >= 11 is 1.29. The number of aromatic nitrogens is 4. The van der Waals surface area contributed by atoms with Crippen LogP contribution in [-0.4, -0.2) is 33.9 Å². The van der Waals surface area contributed by atoms with Gasteiger partial charge in [0.2, 0.25) is 0 Å². The van der Waals surface area contributed by atoms with Crippen molar-refractivity contribution in [2.24, 2.45) is 0 Å². The molecule has 4 rings (SSSR count). The summed E-state index contributed by atoms with van der Waals surface area (Å²) in [6, 6.07) is 16.6. The Hall–Kier alpha value is -3.31. The molecule has 0 saturated carbocycles. The molecule has 0 saturated heterocycles. The minimum absolute atomic E-state index is 0.0334. The van der Waals surface area contributed by atoms with E-state index in [4.69, 9.17) is 4.28 Å². The number of aromatic amines is 1. The molecule has 0 atom stereocenters. The number of thioether (sulfide) groups is 1. The monoisotopic (exact) mass is 444 g/mol. The Morgan fingerprint density at radius 3 is 2.30 bits per heavy atom. The molecule has 2 aromatic carbocycles. The molecule has 9 nitrogen and oxygen atoms in total. The Morgan fingerprint density at radius 2 is 1.67 bits per heavy atom. The van der Waals surface area contributed by atoms with Gasteiger partial charge in [-0.1, -0.05) is 65.0 Å². The van der Waals surface area contributed by atoms with Crippen molar-refractivity contribution in [1.82, 2.24) is 19.3 Å². The van der Waals surface area contributed by atoms with E-state index in [0.29, 0.717) is 11.7 Å². The molecule has 154 valence electrons. The van der Waals surface area contributed by atoms with Crippen molar-refractivity contribution in [1.29, 1.82) is 0 Å². The van der Waals surface area contributed by atoms with Gasteiger partial charge in [-0.2, -0.15) is 8.42 Å². The molecule has 0 bridgehead atoms. The Morgan fingerprint density at radius 1 is 1.03 bits per heavy atom. The fourth-order valence-electron chi connectivity index (χ4n) is 2.94. The first-order valence-electron chi connectivity index (χ1n) is 8.74. The van der Waals surface area contributed by atoms with Gasteiger partial charge >= 0.3 is 21.4 Å². The lowest BCUT2D eigenvalue weighted by atomic mass is 10.2. The first-order valence-corrected chi connectivity index (χ1v) is 11.4. The summed E-state index contributed by atoms with van der Waals surface area (Å²) < 4.78 is 31.7. The molecule has 4 aromatic rings. The number of hydrogen-bond acceptors (Lipinski definition) is 7. The van der Waals surface area contributed by atoms with Gasteiger partial charge in [0.25, 0.3) is 0 Å². The highest BCUT2D eigenvalue weighted by atomic mass is 32.2. The number of nitrogens with zero attached hydrogens (tertiary/aromatic N) is 3. The lowest BCUT2D eigenvalue weighted by Crippen LogP contribution is -2.42. The number of H-pyrrole nitrogens is 1. The molecule has 1 N–H and O–H groups in total. The summed E-state index contributed by atoms with van der Waals surface area (Å²) in [5.74, 6) is 0. The quantitative estimate of drug-likeness (QED) is 0.448. The van der Waals surface area contributed by atoms with Crippen molar-refractivity contribution in [3.05, 3.63) is 87.1 Å². The van der Waals surface area contributed by atoms with E-state index < -0.39 is 21.4 Å². The Balaban J connectivity index is 1.87. The van der Waals surface area contributed by atoms with E-state index in [2.05, 4.69) is 9.97 Å². The highest BCUT2D eigenvalue weighted by Crippen LogP contribution is 2.20. The first-order chi connectivity index (χ1) is 14.4. The number of hydrogen-bond donors (Lipinski definition) is 1. The third kappa shape index (κ3) is 3.64. The van der Waals surface area contributed by atoms with Gasteiger partial charge in [-0.15, -0.1) is 0 Å². The maximum absolute atomic E-state index is 13.1. The smallest absolute Gasteiger partial charge is 0.309 e. The van der Waals surface area contributed by atoms with Gasteiger partial charge in [0.15, 0.2) is 16.3 Å². The van der Waals surface area contributed by atoms with Crippen LogP contribution in [0.2, 0.25) is 0 Å².